The zero-order valence-electron chi connectivity index (χ0n) is 11.4. The first kappa shape index (κ1) is 12.5. The molecule has 1 aromatic carbocycles. The Morgan fingerprint density at radius 2 is 2.05 bits per heavy atom. The molecule has 1 atom stereocenters. The van der Waals surface area contributed by atoms with E-state index in [0.29, 0.717) is 6.04 Å². The van der Waals surface area contributed by atoms with Gasteiger partial charge in [0.25, 0.3) is 0 Å². The van der Waals surface area contributed by atoms with Crippen molar-refractivity contribution in [3.05, 3.63) is 29.8 Å². The van der Waals surface area contributed by atoms with Crippen molar-refractivity contribution in [3.63, 3.8) is 0 Å². The van der Waals surface area contributed by atoms with E-state index in [-0.39, 0.29) is 6.03 Å². The summed E-state index contributed by atoms with van der Waals surface area (Å²) in [4.78, 5) is 15.5. The monoisotopic (exact) mass is 259 g/mol. The van der Waals surface area contributed by atoms with Gasteiger partial charge in [-0.25, -0.2) is 4.79 Å². The fourth-order valence-corrected chi connectivity index (χ4v) is 2.91. The molecule has 102 valence electrons. The number of likely N-dealkylation sites (N-methyl/N-ethyl adjacent to an activating group) is 1. The molecule has 2 saturated heterocycles. The molecule has 0 aromatic heterocycles. The summed E-state index contributed by atoms with van der Waals surface area (Å²) in [5.41, 5.74) is 2.36. The van der Waals surface area contributed by atoms with Crippen LogP contribution < -0.4 is 10.2 Å². The summed E-state index contributed by atoms with van der Waals surface area (Å²) in [6.45, 7) is 2.75. The SMILES string of the molecule is CN1CCN(c2ccc(CC3CCCN3)cc2)C1=O. The fraction of sp³-hybridized carbons (Fsp3) is 0.533. The Morgan fingerprint density at radius 3 is 2.63 bits per heavy atom. The average Bonchev–Trinajstić information content (AvgIpc) is 3.03. The normalized spacial score (nSPS) is 23.4. The van der Waals surface area contributed by atoms with Crippen LogP contribution in [0.15, 0.2) is 24.3 Å². The lowest BCUT2D eigenvalue weighted by molar-refractivity contribution is 0.229. The number of carbonyl (C=O) groups is 1. The molecular weight excluding hydrogens is 238 g/mol. The van der Waals surface area contributed by atoms with Crippen LogP contribution in [-0.4, -0.2) is 43.7 Å². The number of nitrogens with one attached hydrogen (secondary N) is 1. The molecular formula is C15H21N3O. The van der Waals surface area contributed by atoms with E-state index in [1.54, 1.807) is 4.90 Å². The van der Waals surface area contributed by atoms with E-state index < -0.39 is 0 Å². The highest BCUT2D eigenvalue weighted by Gasteiger charge is 2.26. The second-order valence-corrected chi connectivity index (χ2v) is 5.52. The third-order valence-corrected chi connectivity index (χ3v) is 4.11. The molecule has 3 rings (SSSR count). The van der Waals surface area contributed by atoms with Crippen LogP contribution in [0.5, 0.6) is 0 Å². The van der Waals surface area contributed by atoms with Crippen molar-refractivity contribution in [2.75, 3.05) is 31.6 Å². The first-order chi connectivity index (χ1) is 9.24. The van der Waals surface area contributed by atoms with E-state index in [9.17, 15) is 4.79 Å². The van der Waals surface area contributed by atoms with Crippen molar-refractivity contribution in [1.29, 1.82) is 0 Å². The van der Waals surface area contributed by atoms with Crippen LogP contribution in [0.1, 0.15) is 18.4 Å². The van der Waals surface area contributed by atoms with Crippen LogP contribution in [-0.2, 0) is 6.42 Å². The summed E-state index contributed by atoms with van der Waals surface area (Å²) in [7, 11) is 1.85. The zero-order valence-corrected chi connectivity index (χ0v) is 11.4. The molecule has 1 unspecified atom stereocenters. The molecule has 2 amide bonds. The highest BCUT2D eigenvalue weighted by atomic mass is 16.2. The lowest BCUT2D eigenvalue weighted by atomic mass is 10.0. The minimum absolute atomic E-state index is 0.102. The number of rotatable bonds is 3. The van der Waals surface area contributed by atoms with Crippen molar-refractivity contribution in [3.8, 4) is 0 Å². The van der Waals surface area contributed by atoms with Gasteiger partial charge < -0.3 is 10.2 Å². The minimum atomic E-state index is 0.102. The van der Waals surface area contributed by atoms with E-state index in [1.165, 1.54) is 18.4 Å². The molecule has 2 heterocycles. The van der Waals surface area contributed by atoms with Crippen LogP contribution in [0.2, 0.25) is 0 Å². The van der Waals surface area contributed by atoms with Gasteiger partial charge in [-0.15, -0.1) is 0 Å². The van der Waals surface area contributed by atoms with Gasteiger partial charge in [0, 0.05) is 31.9 Å². The molecule has 4 heteroatoms. The Hall–Kier alpha value is -1.55. The summed E-state index contributed by atoms with van der Waals surface area (Å²) >= 11 is 0. The summed E-state index contributed by atoms with van der Waals surface area (Å²) in [5.74, 6) is 0. The summed E-state index contributed by atoms with van der Waals surface area (Å²) in [6, 6.07) is 9.18. The van der Waals surface area contributed by atoms with Gasteiger partial charge in [-0.3, -0.25) is 4.90 Å². The third-order valence-electron chi connectivity index (χ3n) is 4.11. The molecule has 0 radical (unpaired) electrons. The standard InChI is InChI=1S/C15H21N3O/c1-17-9-10-18(15(17)19)14-6-4-12(5-7-14)11-13-3-2-8-16-13/h4-7,13,16H,2-3,8-11H2,1H3. The minimum Gasteiger partial charge on any atom is -0.326 e. The first-order valence-corrected chi connectivity index (χ1v) is 7.09. The van der Waals surface area contributed by atoms with Gasteiger partial charge in [0.05, 0.1) is 0 Å². The summed E-state index contributed by atoms with van der Waals surface area (Å²) in [6.07, 6.45) is 3.66. The lowest BCUT2D eigenvalue weighted by Gasteiger charge is -2.17. The molecule has 2 aliphatic rings. The molecule has 4 nitrogen and oxygen atoms in total. The van der Waals surface area contributed by atoms with Crippen LogP contribution in [0.3, 0.4) is 0 Å². The van der Waals surface area contributed by atoms with Crippen LogP contribution >= 0.6 is 0 Å². The van der Waals surface area contributed by atoms with Gasteiger partial charge in [-0.05, 0) is 43.5 Å². The maximum atomic E-state index is 11.9. The van der Waals surface area contributed by atoms with Crippen molar-refractivity contribution < 1.29 is 4.79 Å². The van der Waals surface area contributed by atoms with Gasteiger partial charge >= 0.3 is 6.03 Å². The molecule has 2 fully saturated rings. The van der Waals surface area contributed by atoms with Crippen molar-refractivity contribution in [2.45, 2.75) is 25.3 Å². The smallest absolute Gasteiger partial charge is 0.324 e. The number of nitrogens with zero attached hydrogens (tertiary/aromatic N) is 2. The molecule has 1 N–H and O–H groups in total. The van der Waals surface area contributed by atoms with Crippen LogP contribution in [0.4, 0.5) is 10.5 Å². The van der Waals surface area contributed by atoms with Gasteiger partial charge in [0.2, 0.25) is 0 Å². The average molecular weight is 259 g/mol. The Labute approximate surface area is 114 Å². The number of amides is 2. The summed E-state index contributed by atoms with van der Waals surface area (Å²) in [5, 5.41) is 3.52. The predicted octanol–water partition coefficient (Wildman–Crippen LogP) is 1.85. The quantitative estimate of drug-likeness (QED) is 0.899. The highest BCUT2D eigenvalue weighted by Crippen LogP contribution is 2.21. The Balaban J connectivity index is 1.67. The lowest BCUT2D eigenvalue weighted by Crippen LogP contribution is -2.29. The maximum absolute atomic E-state index is 11.9. The fourth-order valence-electron chi connectivity index (χ4n) is 2.91. The topological polar surface area (TPSA) is 35.6 Å². The zero-order chi connectivity index (χ0) is 13.2. The molecule has 0 spiro atoms. The maximum Gasteiger partial charge on any atom is 0.324 e. The van der Waals surface area contributed by atoms with E-state index in [1.807, 2.05) is 11.9 Å². The number of hydrogen-bond donors (Lipinski definition) is 1. The van der Waals surface area contributed by atoms with Gasteiger partial charge in [0.15, 0.2) is 0 Å². The number of carbonyl (C=O) groups excluding carboxylic acids is 1. The van der Waals surface area contributed by atoms with Crippen molar-refractivity contribution >= 4 is 11.7 Å². The van der Waals surface area contributed by atoms with Gasteiger partial charge in [-0.1, -0.05) is 12.1 Å². The van der Waals surface area contributed by atoms with Crippen molar-refractivity contribution in [1.82, 2.24) is 10.2 Å². The van der Waals surface area contributed by atoms with Gasteiger partial charge in [0.1, 0.15) is 0 Å². The largest absolute Gasteiger partial charge is 0.326 e. The number of hydrogen-bond acceptors (Lipinski definition) is 2. The molecule has 0 saturated carbocycles. The van der Waals surface area contributed by atoms with E-state index >= 15 is 0 Å². The number of urea groups is 1. The van der Waals surface area contributed by atoms with E-state index in [4.69, 9.17) is 0 Å². The molecule has 2 aliphatic heterocycles. The molecule has 0 aliphatic carbocycles. The predicted molar refractivity (Wildman–Crippen MR) is 76.5 cm³/mol. The second-order valence-electron chi connectivity index (χ2n) is 5.52. The molecule has 19 heavy (non-hydrogen) atoms. The van der Waals surface area contributed by atoms with E-state index in [2.05, 4.69) is 29.6 Å². The summed E-state index contributed by atoms with van der Waals surface area (Å²) < 4.78 is 0. The number of benzene rings is 1. The van der Waals surface area contributed by atoms with Crippen molar-refractivity contribution in [2.24, 2.45) is 0 Å². The first-order valence-electron chi connectivity index (χ1n) is 7.09. The van der Waals surface area contributed by atoms with Crippen LogP contribution in [0.25, 0.3) is 0 Å². The van der Waals surface area contributed by atoms with Crippen LogP contribution in [0, 0.1) is 0 Å². The highest BCUT2D eigenvalue weighted by molar-refractivity contribution is 5.93. The number of anilines is 1. The molecule has 1 aromatic rings. The van der Waals surface area contributed by atoms with E-state index in [0.717, 1.165) is 31.7 Å². The Bertz CT molecular complexity index is 451. The van der Waals surface area contributed by atoms with Gasteiger partial charge in [-0.2, -0.15) is 0 Å². The molecule has 0 bridgehead atoms. The second kappa shape index (κ2) is 5.21. The third kappa shape index (κ3) is 2.59. The Morgan fingerprint density at radius 1 is 1.26 bits per heavy atom. The Kier molecular flexibility index (Phi) is 3.42.